The van der Waals surface area contributed by atoms with E-state index in [4.69, 9.17) is 4.74 Å². The second-order valence-corrected chi connectivity index (χ2v) is 8.59. The molecular formula is C22H19N3O5S. The molecule has 0 saturated carbocycles. The van der Waals surface area contributed by atoms with E-state index >= 15 is 0 Å². The standard InChI is InChI=1S/C22H19N3O5S/c1-14-21(26)24-19-13-17(9-12-20(19)30-14)23-22(27)15-7-10-18(11-8-15)31(28,29)25-16-5-3-2-4-6-16/h2-14,25H,1H3,(H,23,27)(H,24,26). The highest BCUT2D eigenvalue weighted by Crippen LogP contribution is 2.32. The molecule has 0 saturated heterocycles. The number of amides is 2. The Balaban J connectivity index is 1.46. The summed E-state index contributed by atoms with van der Waals surface area (Å²) in [5, 5.41) is 5.44. The fraction of sp³-hybridized carbons (Fsp3) is 0.0909. The second kappa shape index (κ2) is 8.11. The van der Waals surface area contributed by atoms with Crippen LogP contribution in [0.4, 0.5) is 17.1 Å². The number of hydrogen-bond donors (Lipinski definition) is 3. The van der Waals surface area contributed by atoms with Crippen LogP contribution in [0.2, 0.25) is 0 Å². The SMILES string of the molecule is CC1Oc2ccc(NC(=O)c3ccc(S(=O)(=O)Nc4ccccc4)cc3)cc2NC1=O. The van der Waals surface area contributed by atoms with Crippen LogP contribution in [0.5, 0.6) is 5.75 Å². The van der Waals surface area contributed by atoms with Gasteiger partial charge in [-0.1, -0.05) is 18.2 Å². The van der Waals surface area contributed by atoms with Gasteiger partial charge in [-0.3, -0.25) is 14.3 Å². The molecule has 3 aromatic rings. The number of hydrogen-bond acceptors (Lipinski definition) is 5. The summed E-state index contributed by atoms with van der Waals surface area (Å²) in [4.78, 5) is 24.4. The topological polar surface area (TPSA) is 114 Å². The maximum absolute atomic E-state index is 12.6. The van der Waals surface area contributed by atoms with Gasteiger partial charge in [0, 0.05) is 16.9 Å². The van der Waals surface area contributed by atoms with Gasteiger partial charge in [-0.05, 0) is 61.5 Å². The van der Waals surface area contributed by atoms with Crippen LogP contribution in [-0.4, -0.2) is 26.3 Å². The van der Waals surface area contributed by atoms with Crippen molar-refractivity contribution < 1.29 is 22.7 Å². The molecule has 9 heteroatoms. The van der Waals surface area contributed by atoms with Gasteiger partial charge in [0.1, 0.15) is 5.75 Å². The van der Waals surface area contributed by atoms with Gasteiger partial charge in [-0.15, -0.1) is 0 Å². The van der Waals surface area contributed by atoms with Crippen LogP contribution in [0.15, 0.2) is 77.7 Å². The molecule has 2 amide bonds. The van der Waals surface area contributed by atoms with E-state index in [0.29, 0.717) is 22.8 Å². The maximum Gasteiger partial charge on any atom is 0.265 e. The van der Waals surface area contributed by atoms with Gasteiger partial charge in [0.25, 0.3) is 21.8 Å². The largest absolute Gasteiger partial charge is 0.479 e. The van der Waals surface area contributed by atoms with Crippen molar-refractivity contribution in [3.63, 3.8) is 0 Å². The van der Waals surface area contributed by atoms with E-state index in [1.807, 2.05) is 0 Å². The molecule has 0 fully saturated rings. The van der Waals surface area contributed by atoms with Crippen LogP contribution in [0.25, 0.3) is 0 Å². The van der Waals surface area contributed by atoms with Gasteiger partial charge in [-0.2, -0.15) is 0 Å². The quantitative estimate of drug-likeness (QED) is 0.566. The Hall–Kier alpha value is -3.85. The Labute approximate surface area is 179 Å². The molecule has 0 spiro atoms. The lowest BCUT2D eigenvalue weighted by atomic mass is 10.2. The molecule has 158 valence electrons. The van der Waals surface area contributed by atoms with E-state index in [9.17, 15) is 18.0 Å². The molecule has 1 aliphatic heterocycles. The molecule has 1 atom stereocenters. The molecule has 1 heterocycles. The summed E-state index contributed by atoms with van der Waals surface area (Å²) in [6.07, 6.45) is -0.584. The zero-order valence-electron chi connectivity index (χ0n) is 16.5. The number of carbonyl (C=O) groups is 2. The third-order valence-electron chi connectivity index (χ3n) is 4.62. The Morgan fingerprint density at radius 2 is 1.68 bits per heavy atom. The predicted octanol–water partition coefficient (Wildman–Crippen LogP) is 3.46. The van der Waals surface area contributed by atoms with Crippen molar-refractivity contribution in [1.29, 1.82) is 0 Å². The van der Waals surface area contributed by atoms with Crippen LogP contribution in [0.1, 0.15) is 17.3 Å². The van der Waals surface area contributed by atoms with E-state index in [0.717, 1.165) is 0 Å². The van der Waals surface area contributed by atoms with E-state index < -0.39 is 22.0 Å². The van der Waals surface area contributed by atoms with Gasteiger partial charge in [-0.25, -0.2) is 8.42 Å². The van der Waals surface area contributed by atoms with E-state index in [1.54, 1.807) is 55.5 Å². The Bertz CT molecular complexity index is 1240. The van der Waals surface area contributed by atoms with Crippen molar-refractivity contribution >= 4 is 38.9 Å². The lowest BCUT2D eigenvalue weighted by Gasteiger charge is -2.23. The first-order chi connectivity index (χ1) is 14.8. The molecule has 0 aromatic heterocycles. The van der Waals surface area contributed by atoms with Gasteiger partial charge in [0.05, 0.1) is 10.6 Å². The molecule has 0 radical (unpaired) electrons. The molecule has 0 bridgehead atoms. The smallest absolute Gasteiger partial charge is 0.265 e. The van der Waals surface area contributed by atoms with Crippen molar-refractivity contribution in [2.45, 2.75) is 17.9 Å². The number of carbonyl (C=O) groups excluding carboxylic acids is 2. The highest BCUT2D eigenvalue weighted by molar-refractivity contribution is 7.92. The van der Waals surface area contributed by atoms with E-state index in [2.05, 4.69) is 15.4 Å². The number of nitrogens with one attached hydrogen (secondary N) is 3. The number of sulfonamides is 1. The number of ether oxygens (including phenoxy) is 1. The van der Waals surface area contributed by atoms with Crippen LogP contribution in [0.3, 0.4) is 0 Å². The number of anilines is 3. The number of para-hydroxylation sites is 1. The van der Waals surface area contributed by atoms with E-state index in [1.165, 1.54) is 24.3 Å². The Kier molecular flexibility index (Phi) is 5.35. The summed E-state index contributed by atoms with van der Waals surface area (Å²) >= 11 is 0. The zero-order chi connectivity index (χ0) is 22.0. The fourth-order valence-corrected chi connectivity index (χ4v) is 4.05. The molecule has 8 nitrogen and oxygen atoms in total. The summed E-state index contributed by atoms with van der Waals surface area (Å²) in [5.41, 5.74) is 1.66. The first-order valence-electron chi connectivity index (χ1n) is 9.43. The fourth-order valence-electron chi connectivity index (χ4n) is 3.00. The molecule has 1 aliphatic rings. The van der Waals surface area contributed by atoms with Gasteiger partial charge >= 0.3 is 0 Å². The summed E-state index contributed by atoms with van der Waals surface area (Å²) in [6.45, 7) is 1.65. The minimum absolute atomic E-state index is 0.0377. The third-order valence-corrected chi connectivity index (χ3v) is 6.02. The van der Waals surface area contributed by atoms with Gasteiger partial charge in [0.2, 0.25) is 0 Å². The van der Waals surface area contributed by atoms with Crippen LogP contribution in [-0.2, 0) is 14.8 Å². The average molecular weight is 437 g/mol. The normalized spacial score (nSPS) is 15.3. The van der Waals surface area contributed by atoms with Crippen LogP contribution < -0.4 is 20.1 Å². The molecule has 0 aliphatic carbocycles. The molecule has 1 unspecified atom stereocenters. The molecular weight excluding hydrogens is 418 g/mol. The number of rotatable bonds is 5. The summed E-state index contributed by atoms with van der Waals surface area (Å²) in [5.74, 6) is -0.168. The van der Waals surface area contributed by atoms with E-state index in [-0.39, 0.29) is 16.4 Å². The third kappa shape index (κ3) is 4.51. The summed E-state index contributed by atoms with van der Waals surface area (Å²) < 4.78 is 33.0. The zero-order valence-corrected chi connectivity index (χ0v) is 17.3. The first-order valence-corrected chi connectivity index (χ1v) is 10.9. The highest BCUT2D eigenvalue weighted by atomic mass is 32.2. The van der Waals surface area contributed by atoms with Crippen LogP contribution in [0, 0.1) is 0 Å². The van der Waals surface area contributed by atoms with Crippen LogP contribution >= 0.6 is 0 Å². The molecule has 3 aromatic carbocycles. The molecule has 3 N–H and O–H groups in total. The lowest BCUT2D eigenvalue weighted by Crippen LogP contribution is -2.34. The molecule has 31 heavy (non-hydrogen) atoms. The van der Waals surface area contributed by atoms with Gasteiger partial charge < -0.3 is 15.4 Å². The average Bonchev–Trinajstić information content (AvgIpc) is 2.75. The number of fused-ring (bicyclic) bond motifs is 1. The van der Waals surface area contributed by atoms with Crippen molar-refractivity contribution in [2.75, 3.05) is 15.4 Å². The van der Waals surface area contributed by atoms with Gasteiger partial charge in [0.15, 0.2) is 6.10 Å². The Morgan fingerprint density at radius 1 is 0.968 bits per heavy atom. The number of benzene rings is 3. The minimum Gasteiger partial charge on any atom is -0.479 e. The lowest BCUT2D eigenvalue weighted by molar-refractivity contribution is -0.122. The predicted molar refractivity (Wildman–Crippen MR) is 117 cm³/mol. The van der Waals surface area contributed by atoms with Crippen molar-refractivity contribution in [1.82, 2.24) is 0 Å². The minimum atomic E-state index is -3.77. The monoisotopic (exact) mass is 437 g/mol. The second-order valence-electron chi connectivity index (χ2n) is 6.91. The first kappa shape index (κ1) is 20.4. The summed E-state index contributed by atoms with van der Waals surface area (Å²) in [6, 6.07) is 19.0. The highest BCUT2D eigenvalue weighted by Gasteiger charge is 2.23. The van der Waals surface area contributed by atoms with Crippen molar-refractivity contribution in [2.24, 2.45) is 0 Å². The van der Waals surface area contributed by atoms with Crippen molar-refractivity contribution in [3.8, 4) is 5.75 Å². The Morgan fingerprint density at radius 3 is 2.39 bits per heavy atom. The van der Waals surface area contributed by atoms with Crippen molar-refractivity contribution in [3.05, 3.63) is 78.4 Å². The summed E-state index contributed by atoms with van der Waals surface area (Å²) in [7, 11) is -3.77. The maximum atomic E-state index is 12.6. The molecule has 4 rings (SSSR count).